The molecule has 1 rings (SSSR count). The molecule has 0 radical (unpaired) electrons. The van der Waals surface area contributed by atoms with Gasteiger partial charge < -0.3 is 15.6 Å². The van der Waals surface area contributed by atoms with Crippen molar-refractivity contribution in [3.63, 3.8) is 0 Å². The number of aromatic hydroxyl groups is 1. The second kappa shape index (κ2) is 4.62. The number of phenolic OH excluding ortho intramolecular Hbond substituents is 1. The van der Waals surface area contributed by atoms with E-state index < -0.39 is 12.0 Å². The van der Waals surface area contributed by atoms with Crippen LogP contribution < -0.4 is 5.73 Å². The summed E-state index contributed by atoms with van der Waals surface area (Å²) in [6, 6.07) is 5.95. The van der Waals surface area contributed by atoms with Crippen molar-refractivity contribution in [2.45, 2.75) is 12.5 Å². The van der Waals surface area contributed by atoms with Crippen LogP contribution in [0.5, 0.6) is 5.75 Å². The van der Waals surface area contributed by atoms with Gasteiger partial charge in [-0.1, -0.05) is 12.1 Å². The minimum Gasteiger partial charge on any atom is -0.508 e. The zero-order valence-electron chi connectivity index (χ0n) is 7.93. The number of methoxy groups -OCH3 is 1. The summed E-state index contributed by atoms with van der Waals surface area (Å²) in [5.41, 5.74) is 6.36. The molecule has 3 N–H and O–H groups in total. The molecule has 1 aromatic rings. The Balaban J connectivity index is 2.64. The SMILES string of the molecule is COC(=O)[C@@H](N)Cc1cccc(O)c1. The summed E-state index contributed by atoms with van der Waals surface area (Å²) < 4.78 is 4.49. The van der Waals surface area contributed by atoms with Crippen LogP contribution in [-0.4, -0.2) is 24.2 Å². The number of carbonyl (C=O) groups is 1. The summed E-state index contributed by atoms with van der Waals surface area (Å²) in [5, 5.41) is 9.16. The van der Waals surface area contributed by atoms with Crippen molar-refractivity contribution in [1.29, 1.82) is 0 Å². The Bertz CT molecular complexity index is 325. The molecule has 0 aliphatic carbocycles. The van der Waals surface area contributed by atoms with Crippen LogP contribution in [0.25, 0.3) is 0 Å². The van der Waals surface area contributed by atoms with Crippen LogP contribution >= 0.6 is 0 Å². The lowest BCUT2D eigenvalue weighted by Crippen LogP contribution is -2.33. The first kappa shape index (κ1) is 10.5. The third kappa shape index (κ3) is 2.74. The fourth-order valence-corrected chi connectivity index (χ4v) is 1.17. The number of benzene rings is 1. The number of hydrogen-bond acceptors (Lipinski definition) is 4. The molecule has 0 saturated carbocycles. The third-order valence-corrected chi connectivity index (χ3v) is 1.87. The Morgan fingerprint density at radius 1 is 1.64 bits per heavy atom. The lowest BCUT2D eigenvalue weighted by molar-refractivity contribution is -0.142. The third-order valence-electron chi connectivity index (χ3n) is 1.87. The lowest BCUT2D eigenvalue weighted by atomic mass is 10.1. The summed E-state index contributed by atoms with van der Waals surface area (Å²) in [7, 11) is 1.30. The maximum absolute atomic E-state index is 11.0. The van der Waals surface area contributed by atoms with Gasteiger partial charge in [-0.05, 0) is 24.1 Å². The van der Waals surface area contributed by atoms with Gasteiger partial charge in [-0.2, -0.15) is 0 Å². The van der Waals surface area contributed by atoms with Crippen LogP contribution in [0.3, 0.4) is 0 Å². The van der Waals surface area contributed by atoms with Crippen molar-refractivity contribution in [3.8, 4) is 5.75 Å². The van der Waals surface area contributed by atoms with Crippen LogP contribution in [-0.2, 0) is 16.0 Å². The summed E-state index contributed by atoms with van der Waals surface area (Å²) in [4.78, 5) is 11.0. The molecular weight excluding hydrogens is 182 g/mol. The maximum Gasteiger partial charge on any atom is 0.322 e. The van der Waals surface area contributed by atoms with Crippen molar-refractivity contribution in [3.05, 3.63) is 29.8 Å². The topological polar surface area (TPSA) is 72.5 Å². The van der Waals surface area contributed by atoms with E-state index in [-0.39, 0.29) is 5.75 Å². The molecule has 0 aliphatic heterocycles. The highest BCUT2D eigenvalue weighted by Crippen LogP contribution is 2.12. The standard InChI is InChI=1S/C10H13NO3/c1-14-10(13)9(11)6-7-3-2-4-8(12)5-7/h2-5,9,12H,6,11H2,1H3/t9-/m0/s1. The first-order valence-electron chi connectivity index (χ1n) is 4.25. The first-order chi connectivity index (χ1) is 6.63. The van der Waals surface area contributed by atoms with Crippen LogP contribution in [0.4, 0.5) is 0 Å². The van der Waals surface area contributed by atoms with Crippen molar-refractivity contribution in [2.75, 3.05) is 7.11 Å². The van der Waals surface area contributed by atoms with Crippen LogP contribution in [0, 0.1) is 0 Å². The van der Waals surface area contributed by atoms with Gasteiger partial charge in [0.25, 0.3) is 0 Å². The summed E-state index contributed by atoms with van der Waals surface area (Å²) >= 11 is 0. The van der Waals surface area contributed by atoms with Crippen LogP contribution in [0.2, 0.25) is 0 Å². The average molecular weight is 195 g/mol. The summed E-state index contributed by atoms with van der Waals surface area (Å²) in [6.45, 7) is 0. The highest BCUT2D eigenvalue weighted by Gasteiger charge is 2.13. The van der Waals surface area contributed by atoms with Gasteiger partial charge in [0.05, 0.1) is 7.11 Å². The molecule has 0 spiro atoms. The Morgan fingerprint density at radius 2 is 2.36 bits per heavy atom. The second-order valence-corrected chi connectivity index (χ2v) is 3.00. The molecule has 76 valence electrons. The molecule has 4 nitrogen and oxygen atoms in total. The number of carbonyl (C=O) groups excluding carboxylic acids is 1. The van der Waals surface area contributed by atoms with E-state index in [4.69, 9.17) is 10.8 Å². The van der Waals surface area contributed by atoms with Crippen molar-refractivity contribution < 1.29 is 14.6 Å². The Labute approximate surface area is 82.3 Å². The zero-order valence-corrected chi connectivity index (χ0v) is 7.93. The molecule has 0 saturated heterocycles. The van der Waals surface area contributed by atoms with Gasteiger partial charge in [-0.15, -0.1) is 0 Å². The van der Waals surface area contributed by atoms with Crippen molar-refractivity contribution >= 4 is 5.97 Å². The van der Waals surface area contributed by atoms with Gasteiger partial charge in [0.1, 0.15) is 11.8 Å². The fourth-order valence-electron chi connectivity index (χ4n) is 1.17. The monoisotopic (exact) mass is 195 g/mol. The molecule has 14 heavy (non-hydrogen) atoms. The number of ether oxygens (including phenoxy) is 1. The van der Waals surface area contributed by atoms with Gasteiger partial charge in [0.2, 0.25) is 0 Å². The summed E-state index contributed by atoms with van der Waals surface area (Å²) in [5.74, 6) is -0.284. The van der Waals surface area contributed by atoms with Gasteiger partial charge in [-0.3, -0.25) is 4.79 Å². The first-order valence-corrected chi connectivity index (χ1v) is 4.25. The molecular formula is C10H13NO3. The normalized spacial score (nSPS) is 12.1. The van der Waals surface area contributed by atoms with Crippen LogP contribution in [0.1, 0.15) is 5.56 Å². The molecule has 1 aromatic carbocycles. The summed E-state index contributed by atoms with van der Waals surface area (Å²) in [6.07, 6.45) is 0.362. The zero-order chi connectivity index (χ0) is 10.6. The van der Waals surface area contributed by atoms with Gasteiger partial charge in [0, 0.05) is 0 Å². The Hall–Kier alpha value is -1.55. The quantitative estimate of drug-likeness (QED) is 0.686. The average Bonchev–Trinajstić information content (AvgIpc) is 2.16. The number of rotatable bonds is 3. The maximum atomic E-state index is 11.0. The van der Waals surface area contributed by atoms with E-state index in [0.29, 0.717) is 6.42 Å². The second-order valence-electron chi connectivity index (χ2n) is 3.00. The van der Waals surface area contributed by atoms with Crippen molar-refractivity contribution in [2.24, 2.45) is 5.73 Å². The van der Waals surface area contributed by atoms with E-state index >= 15 is 0 Å². The lowest BCUT2D eigenvalue weighted by Gasteiger charge is -2.08. The van der Waals surface area contributed by atoms with E-state index in [0.717, 1.165) is 5.56 Å². The number of nitrogens with two attached hydrogens (primary N) is 1. The predicted octanol–water partition coefficient (Wildman–Crippen LogP) is 0.435. The van der Waals surface area contributed by atoms with Gasteiger partial charge in [-0.25, -0.2) is 0 Å². The number of esters is 1. The number of phenols is 1. The van der Waals surface area contributed by atoms with Crippen LogP contribution in [0.15, 0.2) is 24.3 Å². The predicted molar refractivity (Wildman–Crippen MR) is 51.8 cm³/mol. The van der Waals surface area contributed by atoms with Crippen molar-refractivity contribution in [1.82, 2.24) is 0 Å². The molecule has 0 bridgehead atoms. The smallest absolute Gasteiger partial charge is 0.322 e. The molecule has 0 fully saturated rings. The van der Waals surface area contributed by atoms with E-state index in [1.807, 2.05) is 0 Å². The molecule has 0 aromatic heterocycles. The molecule has 0 aliphatic rings. The molecule has 0 unspecified atom stereocenters. The van der Waals surface area contributed by atoms with Gasteiger partial charge >= 0.3 is 5.97 Å². The van der Waals surface area contributed by atoms with E-state index in [1.165, 1.54) is 7.11 Å². The fraction of sp³-hybridized carbons (Fsp3) is 0.300. The van der Waals surface area contributed by atoms with E-state index in [9.17, 15) is 4.79 Å². The van der Waals surface area contributed by atoms with Gasteiger partial charge in [0.15, 0.2) is 0 Å². The highest BCUT2D eigenvalue weighted by atomic mass is 16.5. The van der Waals surface area contributed by atoms with E-state index in [2.05, 4.69) is 4.74 Å². The molecule has 0 heterocycles. The Kier molecular flexibility index (Phi) is 3.48. The minimum atomic E-state index is -0.679. The molecule has 1 atom stereocenters. The number of hydrogen-bond donors (Lipinski definition) is 2. The Morgan fingerprint density at radius 3 is 2.93 bits per heavy atom. The highest BCUT2D eigenvalue weighted by molar-refractivity contribution is 5.75. The van der Waals surface area contributed by atoms with E-state index in [1.54, 1.807) is 24.3 Å². The molecule has 0 amide bonds. The minimum absolute atomic E-state index is 0.166. The molecule has 4 heteroatoms. The largest absolute Gasteiger partial charge is 0.508 e.